The van der Waals surface area contributed by atoms with Gasteiger partial charge in [-0.2, -0.15) is 0 Å². The highest BCUT2D eigenvalue weighted by Gasteiger charge is 2.00. The molecule has 0 atom stereocenters. The normalized spacial score (nSPS) is 10.8. The van der Waals surface area contributed by atoms with Crippen molar-refractivity contribution < 1.29 is 9.13 Å². The van der Waals surface area contributed by atoms with Crippen LogP contribution >= 0.6 is 15.9 Å². The smallest absolute Gasteiger partial charge is 0.124 e. The van der Waals surface area contributed by atoms with E-state index in [1.165, 1.54) is 12.1 Å². The van der Waals surface area contributed by atoms with Crippen LogP contribution < -0.4 is 5.32 Å². The number of ether oxygens (including phenoxy) is 1. The molecule has 0 saturated carbocycles. The van der Waals surface area contributed by atoms with E-state index in [9.17, 15) is 4.39 Å². The minimum Gasteiger partial charge on any atom is -0.380 e. The Morgan fingerprint density at radius 2 is 2.18 bits per heavy atom. The lowest BCUT2D eigenvalue weighted by Gasteiger charge is -2.07. The maximum atomic E-state index is 12.8. The molecule has 0 aliphatic heterocycles. The van der Waals surface area contributed by atoms with E-state index in [0.717, 1.165) is 49.2 Å². The highest BCUT2D eigenvalue weighted by atomic mass is 79.9. The Labute approximate surface area is 111 Å². The van der Waals surface area contributed by atoms with Crippen molar-refractivity contribution in [3.05, 3.63) is 34.1 Å². The first-order chi connectivity index (χ1) is 8.24. The van der Waals surface area contributed by atoms with Gasteiger partial charge in [-0.25, -0.2) is 4.39 Å². The summed E-state index contributed by atoms with van der Waals surface area (Å²) in [5, 5.41) is 3.26. The van der Waals surface area contributed by atoms with Gasteiger partial charge >= 0.3 is 0 Å². The van der Waals surface area contributed by atoms with Gasteiger partial charge in [0.2, 0.25) is 0 Å². The van der Waals surface area contributed by atoms with E-state index in [4.69, 9.17) is 4.74 Å². The standard InChI is InChI=1S/C13H19BrFNO/c1-2-3-7-17-8-6-16-10-11-4-5-12(15)9-13(11)14/h4-5,9,16H,2-3,6-8,10H2,1H3. The number of hydrogen-bond donors (Lipinski definition) is 1. The molecule has 0 aliphatic carbocycles. The van der Waals surface area contributed by atoms with Crippen LogP contribution in [0.25, 0.3) is 0 Å². The Morgan fingerprint density at radius 3 is 2.88 bits per heavy atom. The Morgan fingerprint density at radius 1 is 1.35 bits per heavy atom. The predicted octanol–water partition coefficient (Wildman–Crippen LogP) is 3.49. The number of unbranched alkanes of at least 4 members (excludes halogenated alkanes) is 1. The highest BCUT2D eigenvalue weighted by Crippen LogP contribution is 2.17. The number of benzene rings is 1. The topological polar surface area (TPSA) is 21.3 Å². The molecule has 0 spiro atoms. The maximum Gasteiger partial charge on any atom is 0.124 e. The second-order valence-electron chi connectivity index (χ2n) is 3.88. The van der Waals surface area contributed by atoms with Crippen LogP contribution in [0.5, 0.6) is 0 Å². The largest absolute Gasteiger partial charge is 0.380 e. The first-order valence-corrected chi connectivity index (χ1v) is 6.75. The van der Waals surface area contributed by atoms with Crippen molar-refractivity contribution in [1.29, 1.82) is 0 Å². The van der Waals surface area contributed by atoms with E-state index < -0.39 is 0 Å². The summed E-state index contributed by atoms with van der Waals surface area (Å²) in [6.07, 6.45) is 2.28. The molecule has 1 N–H and O–H groups in total. The molecule has 0 saturated heterocycles. The van der Waals surface area contributed by atoms with E-state index >= 15 is 0 Å². The van der Waals surface area contributed by atoms with Crippen LogP contribution in [-0.2, 0) is 11.3 Å². The summed E-state index contributed by atoms with van der Waals surface area (Å²) in [6.45, 7) is 5.23. The summed E-state index contributed by atoms with van der Waals surface area (Å²) in [5.74, 6) is -0.219. The lowest BCUT2D eigenvalue weighted by atomic mass is 10.2. The van der Waals surface area contributed by atoms with E-state index in [1.54, 1.807) is 6.07 Å². The molecule has 0 aromatic heterocycles. The Balaban J connectivity index is 2.14. The molecule has 0 radical (unpaired) electrons. The van der Waals surface area contributed by atoms with Gasteiger partial charge in [-0.3, -0.25) is 0 Å². The van der Waals surface area contributed by atoms with E-state index in [1.807, 2.05) is 0 Å². The average Bonchev–Trinajstić information content (AvgIpc) is 2.30. The van der Waals surface area contributed by atoms with Crippen molar-refractivity contribution >= 4 is 15.9 Å². The Hall–Kier alpha value is -0.450. The molecule has 0 aliphatic rings. The zero-order chi connectivity index (χ0) is 12.5. The molecule has 1 rings (SSSR count). The Bertz CT molecular complexity index is 333. The fraction of sp³-hybridized carbons (Fsp3) is 0.538. The molecule has 0 bridgehead atoms. The van der Waals surface area contributed by atoms with Crippen LogP contribution in [0.15, 0.2) is 22.7 Å². The molecule has 17 heavy (non-hydrogen) atoms. The van der Waals surface area contributed by atoms with Gasteiger partial charge in [0, 0.05) is 24.2 Å². The third-order valence-electron chi connectivity index (χ3n) is 2.40. The summed E-state index contributed by atoms with van der Waals surface area (Å²) >= 11 is 3.34. The van der Waals surface area contributed by atoms with Gasteiger partial charge in [-0.1, -0.05) is 35.3 Å². The fourth-order valence-electron chi connectivity index (χ4n) is 1.38. The number of halogens is 2. The lowest BCUT2D eigenvalue weighted by molar-refractivity contribution is 0.133. The first-order valence-electron chi connectivity index (χ1n) is 5.96. The number of hydrogen-bond acceptors (Lipinski definition) is 2. The van der Waals surface area contributed by atoms with Crippen LogP contribution in [0.1, 0.15) is 25.3 Å². The minimum absolute atomic E-state index is 0.219. The van der Waals surface area contributed by atoms with Crippen molar-refractivity contribution in [2.75, 3.05) is 19.8 Å². The van der Waals surface area contributed by atoms with Gasteiger partial charge in [-0.05, 0) is 24.1 Å². The molecule has 0 unspecified atom stereocenters. The summed E-state index contributed by atoms with van der Waals surface area (Å²) in [4.78, 5) is 0. The maximum absolute atomic E-state index is 12.8. The predicted molar refractivity (Wildman–Crippen MR) is 71.5 cm³/mol. The van der Waals surface area contributed by atoms with Crippen molar-refractivity contribution in [3.8, 4) is 0 Å². The number of nitrogens with one attached hydrogen (secondary N) is 1. The van der Waals surface area contributed by atoms with Crippen molar-refractivity contribution in [3.63, 3.8) is 0 Å². The lowest BCUT2D eigenvalue weighted by Crippen LogP contribution is -2.19. The molecule has 1 aromatic rings. The third-order valence-corrected chi connectivity index (χ3v) is 3.13. The van der Waals surface area contributed by atoms with Gasteiger partial charge in [0.25, 0.3) is 0 Å². The van der Waals surface area contributed by atoms with Gasteiger partial charge in [-0.15, -0.1) is 0 Å². The molecule has 0 fully saturated rings. The summed E-state index contributed by atoms with van der Waals surface area (Å²) in [6, 6.07) is 4.73. The molecule has 4 heteroatoms. The third kappa shape index (κ3) is 6.15. The minimum atomic E-state index is -0.219. The van der Waals surface area contributed by atoms with E-state index in [2.05, 4.69) is 28.2 Å². The summed E-state index contributed by atoms with van der Waals surface area (Å²) in [7, 11) is 0. The van der Waals surface area contributed by atoms with Gasteiger partial charge in [0.15, 0.2) is 0 Å². The highest BCUT2D eigenvalue weighted by molar-refractivity contribution is 9.10. The zero-order valence-corrected chi connectivity index (χ0v) is 11.7. The van der Waals surface area contributed by atoms with Crippen molar-refractivity contribution in [2.45, 2.75) is 26.3 Å². The molecule has 0 amide bonds. The molecule has 2 nitrogen and oxygen atoms in total. The van der Waals surface area contributed by atoms with Crippen molar-refractivity contribution in [1.82, 2.24) is 5.32 Å². The van der Waals surface area contributed by atoms with Crippen LogP contribution in [0, 0.1) is 5.82 Å². The first kappa shape index (κ1) is 14.6. The second-order valence-corrected chi connectivity index (χ2v) is 4.73. The second kappa shape index (κ2) is 8.61. The SMILES string of the molecule is CCCCOCCNCc1ccc(F)cc1Br. The van der Waals surface area contributed by atoms with Gasteiger partial charge < -0.3 is 10.1 Å². The molecular formula is C13H19BrFNO. The number of rotatable bonds is 8. The molecule has 0 heterocycles. The Kier molecular flexibility index (Phi) is 7.40. The van der Waals surface area contributed by atoms with E-state index in [-0.39, 0.29) is 5.82 Å². The van der Waals surface area contributed by atoms with Crippen LogP contribution in [0.4, 0.5) is 4.39 Å². The van der Waals surface area contributed by atoms with Crippen LogP contribution in [0.3, 0.4) is 0 Å². The molecular weight excluding hydrogens is 285 g/mol. The van der Waals surface area contributed by atoms with Crippen LogP contribution in [-0.4, -0.2) is 19.8 Å². The quantitative estimate of drug-likeness (QED) is 0.742. The van der Waals surface area contributed by atoms with E-state index in [0.29, 0.717) is 0 Å². The fourth-order valence-corrected chi connectivity index (χ4v) is 1.87. The average molecular weight is 304 g/mol. The molecule has 1 aromatic carbocycles. The zero-order valence-electron chi connectivity index (χ0n) is 10.1. The summed E-state index contributed by atoms with van der Waals surface area (Å²) < 4.78 is 19.1. The van der Waals surface area contributed by atoms with Gasteiger partial charge in [0.1, 0.15) is 5.82 Å². The molecule has 96 valence electrons. The monoisotopic (exact) mass is 303 g/mol. The van der Waals surface area contributed by atoms with Crippen molar-refractivity contribution in [2.24, 2.45) is 0 Å². The summed E-state index contributed by atoms with van der Waals surface area (Å²) in [5.41, 5.74) is 1.06. The van der Waals surface area contributed by atoms with Gasteiger partial charge in [0.05, 0.1) is 6.61 Å². The van der Waals surface area contributed by atoms with Crippen LogP contribution in [0.2, 0.25) is 0 Å².